The van der Waals surface area contributed by atoms with Gasteiger partial charge in [0.15, 0.2) is 6.10 Å². The number of carbonyl (C=O) groups is 4. The van der Waals surface area contributed by atoms with Gasteiger partial charge < -0.3 is 40.3 Å². The molecule has 4 aromatic rings. The molecule has 14 heteroatoms. The van der Waals surface area contributed by atoms with Crippen LogP contribution in [0.25, 0.3) is 33.6 Å². The first-order chi connectivity index (χ1) is 26.0. The summed E-state index contributed by atoms with van der Waals surface area (Å²) >= 11 is 0. The third-order valence-electron chi connectivity index (χ3n) is 10.4. The van der Waals surface area contributed by atoms with Crippen LogP contribution in [0.1, 0.15) is 91.0 Å². The number of aromatic nitrogens is 4. The molecular weight excluding hydrogens is 701 g/mol. The second kappa shape index (κ2) is 15.6. The third kappa shape index (κ3) is 8.53. The lowest BCUT2D eigenvalue weighted by Gasteiger charge is -2.35. The number of methoxy groups -OCH3 is 1. The minimum absolute atomic E-state index is 0.155. The van der Waals surface area contributed by atoms with Gasteiger partial charge in [0.05, 0.1) is 43.0 Å². The Hall–Kier alpha value is -5.66. The zero-order valence-electron chi connectivity index (χ0n) is 32.6. The lowest BCUT2D eigenvalue weighted by atomic mass is 9.85. The van der Waals surface area contributed by atoms with Crippen molar-refractivity contribution in [3.8, 4) is 33.6 Å². The fourth-order valence-electron chi connectivity index (χ4n) is 7.47. The molecule has 2 aliphatic rings. The number of ether oxygens (including phenoxy) is 2. The number of nitrogens with zero attached hydrogens (tertiary/aromatic N) is 4. The molecule has 0 spiro atoms. The van der Waals surface area contributed by atoms with Gasteiger partial charge in [0.25, 0.3) is 5.91 Å². The third-order valence-corrected chi connectivity index (χ3v) is 10.4. The Balaban J connectivity index is 1.12. The molecule has 2 aromatic carbocycles. The Kier molecular flexibility index (Phi) is 11.1. The van der Waals surface area contributed by atoms with E-state index in [1.54, 1.807) is 17.3 Å². The molecule has 4 amide bonds. The Morgan fingerprint density at radius 3 is 1.56 bits per heavy atom. The van der Waals surface area contributed by atoms with Crippen LogP contribution < -0.4 is 11.1 Å². The number of primary amides is 1. The Morgan fingerprint density at radius 1 is 0.727 bits per heavy atom. The van der Waals surface area contributed by atoms with E-state index < -0.39 is 35.2 Å². The van der Waals surface area contributed by atoms with Gasteiger partial charge in [-0.1, -0.05) is 90.1 Å². The zero-order chi connectivity index (χ0) is 39.7. The minimum Gasteiger partial charge on any atom is -0.453 e. The van der Waals surface area contributed by atoms with Gasteiger partial charge >= 0.3 is 12.2 Å². The number of H-pyrrole nitrogens is 2. The van der Waals surface area contributed by atoms with E-state index in [0.717, 1.165) is 59.3 Å². The number of benzene rings is 2. The lowest BCUT2D eigenvalue weighted by molar-refractivity contribution is -0.147. The molecule has 2 saturated heterocycles. The molecule has 0 bridgehead atoms. The van der Waals surface area contributed by atoms with E-state index in [1.165, 1.54) is 7.11 Å². The Bertz CT molecular complexity index is 2010. The Labute approximate surface area is 321 Å². The fraction of sp³-hybridized carbons (Fsp3) is 0.463. The maximum atomic E-state index is 13.7. The van der Waals surface area contributed by atoms with Gasteiger partial charge in [-0.2, -0.15) is 0 Å². The largest absolute Gasteiger partial charge is 0.453 e. The quantitative estimate of drug-likeness (QED) is 0.145. The second-order valence-electron chi connectivity index (χ2n) is 16.5. The van der Waals surface area contributed by atoms with Gasteiger partial charge in [-0.25, -0.2) is 19.6 Å². The minimum atomic E-state index is -0.996. The number of nitrogens with one attached hydrogen (secondary N) is 3. The zero-order valence-corrected chi connectivity index (χ0v) is 32.6. The summed E-state index contributed by atoms with van der Waals surface area (Å²) < 4.78 is 10.1. The number of amides is 4. The number of alkyl carbamates (subject to hydrolysis) is 1. The summed E-state index contributed by atoms with van der Waals surface area (Å²) in [6.07, 6.45) is 4.14. The molecule has 4 atom stereocenters. The van der Waals surface area contributed by atoms with E-state index in [0.29, 0.717) is 24.7 Å². The predicted molar refractivity (Wildman–Crippen MR) is 207 cm³/mol. The van der Waals surface area contributed by atoms with Crippen LogP contribution in [-0.4, -0.2) is 86.1 Å². The standard InChI is InChI=1S/C41H52N8O6/c1-40(2,3)32(47-39(53)54-7)36(50)48-20-8-10-30(48)34-43-22-28(45-34)26-16-12-24(13-17-26)25-14-18-27(19-15-25)29-23-44-35(46-29)31-11-9-21-49(31)37(51)33(41(4,5)6)55-38(42)52/h12-19,22-23,30-33H,8-11,20-21H2,1-7H3,(H2,42,52)(H,43,45)(H,44,46)(H,47,53)/t30?,31-,32+,33+/m0/s1. The van der Waals surface area contributed by atoms with Crippen LogP contribution in [0, 0.1) is 10.8 Å². The van der Waals surface area contributed by atoms with Crippen molar-refractivity contribution in [2.75, 3.05) is 20.2 Å². The summed E-state index contributed by atoms with van der Waals surface area (Å²) in [4.78, 5) is 70.7. The lowest BCUT2D eigenvalue weighted by Crippen LogP contribution is -2.54. The number of nitrogens with two attached hydrogens (primary N) is 1. The highest BCUT2D eigenvalue weighted by Gasteiger charge is 2.43. The first-order valence-electron chi connectivity index (χ1n) is 18.8. The van der Waals surface area contributed by atoms with Crippen LogP contribution in [0.15, 0.2) is 60.9 Å². The predicted octanol–water partition coefficient (Wildman–Crippen LogP) is 6.74. The van der Waals surface area contributed by atoms with E-state index in [1.807, 2.05) is 70.7 Å². The summed E-state index contributed by atoms with van der Waals surface area (Å²) in [7, 11) is 1.29. The number of hydrogen-bond donors (Lipinski definition) is 4. The van der Waals surface area contributed by atoms with Gasteiger partial charge in [0.1, 0.15) is 17.7 Å². The highest BCUT2D eigenvalue weighted by atomic mass is 16.6. The summed E-state index contributed by atoms with van der Waals surface area (Å²) in [6, 6.07) is 15.2. The van der Waals surface area contributed by atoms with Crippen LogP contribution in [-0.2, 0) is 19.1 Å². The van der Waals surface area contributed by atoms with Gasteiger partial charge in [0.2, 0.25) is 5.91 Å². The van der Waals surface area contributed by atoms with Gasteiger partial charge in [-0.05, 0) is 53.4 Å². The van der Waals surface area contributed by atoms with E-state index in [2.05, 4.69) is 49.5 Å². The molecular formula is C41H52N8O6. The number of aromatic amines is 2. The molecule has 2 aliphatic heterocycles. The average Bonchev–Trinajstić information content (AvgIpc) is 3.98. The van der Waals surface area contributed by atoms with Crippen molar-refractivity contribution in [3.05, 3.63) is 72.6 Å². The molecule has 55 heavy (non-hydrogen) atoms. The number of hydrogen-bond acceptors (Lipinski definition) is 8. The molecule has 1 unspecified atom stereocenters. The molecule has 292 valence electrons. The van der Waals surface area contributed by atoms with Crippen molar-refractivity contribution in [1.82, 2.24) is 35.1 Å². The summed E-state index contributed by atoms with van der Waals surface area (Å²) in [5, 5.41) is 2.73. The summed E-state index contributed by atoms with van der Waals surface area (Å²) in [5.74, 6) is 0.971. The van der Waals surface area contributed by atoms with E-state index in [-0.39, 0.29) is 23.9 Å². The van der Waals surface area contributed by atoms with Crippen LogP contribution in [0.5, 0.6) is 0 Å². The molecule has 5 N–H and O–H groups in total. The van der Waals surface area contributed by atoms with Crippen LogP contribution in [0.3, 0.4) is 0 Å². The number of imidazole rings is 2. The van der Waals surface area contributed by atoms with E-state index in [9.17, 15) is 19.2 Å². The van der Waals surface area contributed by atoms with Gasteiger partial charge in [-0.3, -0.25) is 9.59 Å². The number of rotatable bonds is 9. The van der Waals surface area contributed by atoms with Crippen molar-refractivity contribution in [1.29, 1.82) is 0 Å². The van der Waals surface area contributed by atoms with Crippen LogP contribution >= 0.6 is 0 Å². The van der Waals surface area contributed by atoms with Gasteiger partial charge in [0, 0.05) is 18.5 Å². The van der Waals surface area contributed by atoms with Crippen molar-refractivity contribution in [2.24, 2.45) is 16.6 Å². The molecule has 0 saturated carbocycles. The normalized spacial score (nSPS) is 18.5. The molecule has 0 aliphatic carbocycles. The van der Waals surface area contributed by atoms with Crippen molar-refractivity contribution >= 4 is 24.0 Å². The fourth-order valence-corrected chi connectivity index (χ4v) is 7.47. The van der Waals surface area contributed by atoms with Gasteiger partial charge in [-0.15, -0.1) is 0 Å². The second-order valence-corrected chi connectivity index (χ2v) is 16.5. The molecule has 2 aromatic heterocycles. The molecule has 6 rings (SSSR count). The molecule has 14 nitrogen and oxygen atoms in total. The highest BCUT2D eigenvalue weighted by molar-refractivity contribution is 5.87. The monoisotopic (exact) mass is 752 g/mol. The van der Waals surface area contributed by atoms with Crippen LogP contribution in [0.2, 0.25) is 0 Å². The van der Waals surface area contributed by atoms with Crippen LogP contribution in [0.4, 0.5) is 9.59 Å². The molecule has 4 heterocycles. The van der Waals surface area contributed by atoms with E-state index in [4.69, 9.17) is 15.2 Å². The maximum absolute atomic E-state index is 13.7. The maximum Gasteiger partial charge on any atom is 0.407 e. The molecule has 2 fully saturated rings. The number of carbonyl (C=O) groups excluding carboxylic acids is 4. The summed E-state index contributed by atoms with van der Waals surface area (Å²) in [5.41, 5.74) is 9.87. The average molecular weight is 753 g/mol. The number of likely N-dealkylation sites (tertiary alicyclic amines) is 2. The first kappa shape index (κ1) is 39.0. The molecule has 0 radical (unpaired) electrons. The smallest absolute Gasteiger partial charge is 0.407 e. The van der Waals surface area contributed by atoms with Crippen molar-refractivity contribution in [2.45, 2.75) is 91.5 Å². The van der Waals surface area contributed by atoms with Crippen molar-refractivity contribution < 1.29 is 28.7 Å². The summed E-state index contributed by atoms with van der Waals surface area (Å²) in [6.45, 7) is 12.4. The first-order valence-corrected chi connectivity index (χ1v) is 18.8. The van der Waals surface area contributed by atoms with E-state index >= 15 is 0 Å². The SMILES string of the molecule is COC(=O)N[C@H](C(=O)N1CCCC1c1ncc(-c2ccc(-c3ccc(-c4cnc([C@@H]5CCCN5C(=O)[C@@H](OC(N)=O)C(C)(C)C)[nH]4)cc3)cc2)[nH]1)C(C)(C)C. The Morgan fingerprint density at radius 2 is 1.16 bits per heavy atom. The van der Waals surface area contributed by atoms with Crippen molar-refractivity contribution in [3.63, 3.8) is 0 Å². The topological polar surface area (TPSA) is 189 Å². The highest BCUT2D eigenvalue weighted by Crippen LogP contribution is 2.37.